The van der Waals surface area contributed by atoms with E-state index in [4.69, 9.17) is 0 Å². The van der Waals surface area contributed by atoms with Crippen molar-refractivity contribution in [2.45, 2.75) is 64.8 Å². The maximum absolute atomic E-state index is 12.8. The van der Waals surface area contributed by atoms with Gasteiger partial charge in [0.25, 0.3) is 5.91 Å². The molecule has 1 fully saturated rings. The van der Waals surface area contributed by atoms with Gasteiger partial charge in [-0.15, -0.1) is 0 Å². The van der Waals surface area contributed by atoms with E-state index in [9.17, 15) is 9.59 Å². The number of benzene rings is 1. The molecule has 37 heavy (non-hydrogen) atoms. The molecule has 1 aliphatic heterocycles. The summed E-state index contributed by atoms with van der Waals surface area (Å²) in [6.45, 7) is 7.22. The van der Waals surface area contributed by atoms with Crippen molar-refractivity contribution in [3.8, 4) is 0 Å². The molecule has 0 bridgehead atoms. The van der Waals surface area contributed by atoms with Gasteiger partial charge >= 0.3 is 0 Å². The summed E-state index contributed by atoms with van der Waals surface area (Å²) in [7, 11) is 0. The smallest absolute Gasteiger partial charge is 0.270 e. The van der Waals surface area contributed by atoms with Crippen LogP contribution in [0.5, 0.6) is 0 Å². The number of pyridine rings is 2. The molecule has 0 saturated heterocycles. The molecule has 6 nitrogen and oxygen atoms in total. The average Bonchev–Trinajstić information content (AvgIpc) is 3.13. The highest BCUT2D eigenvalue weighted by atomic mass is 16.2. The number of amides is 1. The summed E-state index contributed by atoms with van der Waals surface area (Å²) in [4.78, 5) is 36.4. The molecule has 194 valence electrons. The predicted molar refractivity (Wildman–Crippen MR) is 147 cm³/mol. The van der Waals surface area contributed by atoms with Crippen LogP contribution in [0.15, 0.2) is 48.8 Å². The summed E-state index contributed by atoms with van der Waals surface area (Å²) >= 11 is 0. The van der Waals surface area contributed by atoms with E-state index >= 15 is 0 Å². The molecule has 0 radical (unpaired) electrons. The van der Waals surface area contributed by atoms with Crippen molar-refractivity contribution < 1.29 is 9.59 Å². The highest BCUT2D eigenvalue weighted by molar-refractivity contribution is 5.97. The van der Waals surface area contributed by atoms with E-state index in [1.807, 2.05) is 32.0 Å². The quantitative estimate of drug-likeness (QED) is 0.451. The third kappa shape index (κ3) is 6.24. The average molecular weight is 499 g/mol. The predicted octanol–water partition coefficient (Wildman–Crippen LogP) is 5.25. The first-order chi connectivity index (χ1) is 18.0. The zero-order chi connectivity index (χ0) is 25.8. The molecule has 1 amide bonds. The lowest BCUT2D eigenvalue weighted by Crippen LogP contribution is -2.38. The van der Waals surface area contributed by atoms with Crippen molar-refractivity contribution in [3.63, 3.8) is 0 Å². The van der Waals surface area contributed by atoms with Crippen molar-refractivity contribution >= 4 is 22.6 Å². The molecule has 3 heterocycles. The number of nitrogens with zero attached hydrogens (tertiary/aromatic N) is 3. The van der Waals surface area contributed by atoms with Crippen molar-refractivity contribution in [1.82, 2.24) is 20.2 Å². The zero-order valence-electron chi connectivity index (χ0n) is 22.1. The molecule has 0 unspecified atom stereocenters. The van der Waals surface area contributed by atoms with E-state index in [0.717, 1.165) is 80.5 Å². The third-order valence-corrected chi connectivity index (χ3v) is 8.17. The van der Waals surface area contributed by atoms with Crippen LogP contribution in [0.3, 0.4) is 0 Å². The fourth-order valence-electron chi connectivity index (χ4n) is 5.79. The first-order valence-electron chi connectivity index (χ1n) is 13.9. The Bertz CT molecular complexity index is 1260. The molecule has 2 aliphatic rings. The molecule has 2 aromatic heterocycles. The number of fused-ring (bicyclic) bond motifs is 2. The summed E-state index contributed by atoms with van der Waals surface area (Å²) in [5.41, 5.74) is 4.88. The Morgan fingerprint density at radius 1 is 1.00 bits per heavy atom. The molecule has 0 atom stereocenters. The van der Waals surface area contributed by atoms with Crippen molar-refractivity contribution in [1.29, 1.82) is 0 Å². The van der Waals surface area contributed by atoms with Gasteiger partial charge in [-0.1, -0.05) is 26.0 Å². The van der Waals surface area contributed by atoms with Crippen LogP contribution in [0.25, 0.3) is 10.9 Å². The summed E-state index contributed by atoms with van der Waals surface area (Å²) in [5, 5.41) is 4.16. The van der Waals surface area contributed by atoms with Crippen LogP contribution in [-0.4, -0.2) is 52.2 Å². The molecular weight excluding hydrogens is 460 g/mol. The lowest BCUT2D eigenvalue weighted by Gasteiger charge is -2.30. The fraction of sp³-hybridized carbons (Fsp3) is 0.484. The van der Waals surface area contributed by atoms with E-state index in [1.54, 1.807) is 18.5 Å². The van der Waals surface area contributed by atoms with Crippen LogP contribution in [0.4, 0.5) is 0 Å². The zero-order valence-corrected chi connectivity index (χ0v) is 22.1. The molecule has 6 heteroatoms. The van der Waals surface area contributed by atoms with Gasteiger partial charge in [-0.05, 0) is 92.8 Å². The second-order valence-electron chi connectivity index (χ2n) is 11.1. The van der Waals surface area contributed by atoms with Gasteiger partial charge in [0.1, 0.15) is 5.69 Å². The number of ketones is 1. The maximum atomic E-state index is 12.8. The monoisotopic (exact) mass is 498 g/mol. The summed E-state index contributed by atoms with van der Waals surface area (Å²) < 4.78 is 0. The number of nitrogens with one attached hydrogen (secondary N) is 1. The Labute approximate surface area is 219 Å². The minimum absolute atomic E-state index is 0.0388. The number of carbonyl (C=O) groups excluding carboxylic acids is 2. The summed E-state index contributed by atoms with van der Waals surface area (Å²) in [5.74, 6) is 0.920. The topological polar surface area (TPSA) is 75.2 Å². The minimum atomic E-state index is -0.0791. The number of rotatable bonds is 7. The number of carbonyl (C=O) groups is 2. The lowest BCUT2D eigenvalue weighted by molar-refractivity contribution is 0.0913. The normalized spacial score (nSPS) is 20.4. The van der Waals surface area contributed by atoms with Gasteiger partial charge in [0.2, 0.25) is 0 Å². The number of hydrogen-bond donors (Lipinski definition) is 1. The van der Waals surface area contributed by atoms with E-state index < -0.39 is 0 Å². The van der Waals surface area contributed by atoms with E-state index in [-0.39, 0.29) is 23.7 Å². The molecule has 1 aliphatic carbocycles. The highest BCUT2D eigenvalue weighted by Crippen LogP contribution is 2.28. The van der Waals surface area contributed by atoms with Crippen LogP contribution in [-0.2, 0) is 12.8 Å². The van der Waals surface area contributed by atoms with Gasteiger partial charge in [-0.3, -0.25) is 14.6 Å². The second kappa shape index (κ2) is 11.5. The largest absolute Gasteiger partial charge is 0.348 e. The Morgan fingerprint density at radius 3 is 2.57 bits per heavy atom. The van der Waals surface area contributed by atoms with Gasteiger partial charge in [-0.25, -0.2) is 4.98 Å². The van der Waals surface area contributed by atoms with Crippen LogP contribution >= 0.6 is 0 Å². The molecule has 5 rings (SSSR count). The second-order valence-corrected chi connectivity index (χ2v) is 11.1. The maximum Gasteiger partial charge on any atom is 0.270 e. The van der Waals surface area contributed by atoms with Gasteiger partial charge in [0.05, 0.1) is 5.52 Å². The highest BCUT2D eigenvalue weighted by Gasteiger charge is 2.24. The molecule has 1 N–H and O–H groups in total. The molecule has 0 spiro atoms. The SMILES string of the molecule is CC(C)C(=O)c1ccc2c(c1)CCN(CCC1CCC(NC(=O)c3ccc4cnccc4n3)CC1)CC2. The Morgan fingerprint density at radius 2 is 1.78 bits per heavy atom. The standard InChI is InChI=1S/C31H38N4O2/c1-21(2)30(36)25-6-5-23-13-17-35(18-14-24(23)19-25)16-12-22-3-8-27(9-4-22)33-31(37)29-10-7-26-20-32-15-11-28(26)34-29/h5-7,10-11,15,19-22,27H,3-4,8-9,12-14,16-18H2,1-2H3,(H,33,37). The van der Waals surface area contributed by atoms with Crippen molar-refractivity contribution in [2.75, 3.05) is 19.6 Å². The van der Waals surface area contributed by atoms with Crippen LogP contribution < -0.4 is 5.32 Å². The summed E-state index contributed by atoms with van der Waals surface area (Å²) in [6, 6.07) is 12.1. The Kier molecular flexibility index (Phi) is 7.94. The molecule has 1 aromatic carbocycles. The Hall–Kier alpha value is -3.12. The number of Topliss-reactive ketones (excluding diaryl/α,β-unsaturated/α-hetero) is 1. The van der Waals surface area contributed by atoms with E-state index in [2.05, 4.69) is 32.3 Å². The van der Waals surface area contributed by atoms with Crippen LogP contribution in [0, 0.1) is 11.8 Å². The van der Waals surface area contributed by atoms with Crippen molar-refractivity contribution in [2.24, 2.45) is 11.8 Å². The first-order valence-corrected chi connectivity index (χ1v) is 13.9. The molecule has 1 saturated carbocycles. The van der Waals surface area contributed by atoms with Gasteiger partial charge in [0, 0.05) is 48.4 Å². The minimum Gasteiger partial charge on any atom is -0.348 e. The van der Waals surface area contributed by atoms with Crippen LogP contribution in [0.1, 0.15) is 77.9 Å². The van der Waals surface area contributed by atoms with E-state index in [1.165, 1.54) is 17.5 Å². The Balaban J connectivity index is 1.06. The number of aromatic nitrogens is 2. The van der Waals surface area contributed by atoms with Crippen molar-refractivity contribution in [3.05, 3.63) is 71.2 Å². The van der Waals surface area contributed by atoms with Gasteiger partial charge in [0.15, 0.2) is 5.78 Å². The van der Waals surface area contributed by atoms with Gasteiger partial charge in [-0.2, -0.15) is 0 Å². The third-order valence-electron chi connectivity index (χ3n) is 8.17. The fourth-order valence-corrected chi connectivity index (χ4v) is 5.79. The lowest BCUT2D eigenvalue weighted by atomic mass is 9.84. The summed E-state index contributed by atoms with van der Waals surface area (Å²) in [6.07, 6.45) is 11.2. The first kappa shape index (κ1) is 25.5. The number of hydrogen-bond acceptors (Lipinski definition) is 5. The van der Waals surface area contributed by atoms with E-state index in [0.29, 0.717) is 5.69 Å². The van der Waals surface area contributed by atoms with Crippen LogP contribution in [0.2, 0.25) is 0 Å². The van der Waals surface area contributed by atoms with Gasteiger partial charge < -0.3 is 10.2 Å². The molecular formula is C31H38N4O2. The molecule has 3 aromatic rings.